The third kappa shape index (κ3) is 15.0. The highest BCUT2D eigenvalue weighted by molar-refractivity contribution is 5.81. The number of hydrogen-bond donors (Lipinski definition) is 1. The fraction of sp³-hybridized carbons (Fsp3) is 0.543. The first-order chi connectivity index (χ1) is 21.7. The van der Waals surface area contributed by atoms with Crippen molar-refractivity contribution in [2.75, 3.05) is 0 Å². The van der Waals surface area contributed by atoms with Gasteiger partial charge in [-0.05, 0) is 106 Å². The Morgan fingerprint density at radius 3 is 1.12 bits per heavy atom. The van der Waals surface area contributed by atoms with Crippen LogP contribution in [0.4, 0.5) is 0 Å². The molecule has 48 heavy (non-hydrogen) atoms. The minimum absolute atomic E-state index is 0.117. The Balaban J connectivity index is 0.000000482. The maximum atomic E-state index is 10.7. The van der Waals surface area contributed by atoms with E-state index in [0.717, 1.165) is 18.4 Å². The lowest BCUT2D eigenvalue weighted by molar-refractivity contribution is -0.131. The topological polar surface area (TPSA) is 37.3 Å². The molecule has 1 N–H and O–H groups in total. The summed E-state index contributed by atoms with van der Waals surface area (Å²) in [5, 5.41) is 8.77. The van der Waals surface area contributed by atoms with E-state index in [1.54, 1.807) is 0 Å². The molecule has 0 aromatic heterocycles. The van der Waals surface area contributed by atoms with Crippen LogP contribution in [0.2, 0.25) is 0 Å². The predicted octanol–water partition coefficient (Wildman–Crippen LogP) is 13.7. The van der Waals surface area contributed by atoms with Gasteiger partial charge in [0.15, 0.2) is 0 Å². The quantitative estimate of drug-likeness (QED) is 0.216. The highest BCUT2D eigenvalue weighted by atomic mass is 16.4. The minimum Gasteiger partial charge on any atom is -0.478 e. The molecule has 0 amide bonds. The summed E-state index contributed by atoms with van der Waals surface area (Å²) in [4.78, 5) is 10.7. The van der Waals surface area contributed by atoms with Crippen molar-refractivity contribution in [1.82, 2.24) is 0 Å². The molecule has 0 radical (unpaired) electrons. The first kappa shape index (κ1) is 42.9. The molecule has 2 aromatic carbocycles. The number of rotatable bonds is 9. The van der Waals surface area contributed by atoms with Gasteiger partial charge in [0.05, 0.1) is 0 Å². The first-order valence-corrected chi connectivity index (χ1v) is 17.9. The molecule has 2 heteroatoms. The minimum atomic E-state index is -0.900. The Labute approximate surface area is 296 Å². The van der Waals surface area contributed by atoms with E-state index >= 15 is 0 Å². The number of carboxylic acids is 1. The van der Waals surface area contributed by atoms with Crippen LogP contribution in [0, 0.1) is 0 Å². The number of benzene rings is 2. The molecule has 2 nitrogen and oxygen atoms in total. The van der Waals surface area contributed by atoms with Crippen LogP contribution >= 0.6 is 0 Å². The molecule has 0 fully saturated rings. The Morgan fingerprint density at radius 1 is 0.583 bits per heavy atom. The second kappa shape index (κ2) is 17.5. The average Bonchev–Trinajstić information content (AvgIpc) is 2.94. The molecule has 0 aliphatic rings. The molecule has 2 aromatic rings. The summed E-state index contributed by atoms with van der Waals surface area (Å²) in [5.74, 6) is 0.0273. The van der Waals surface area contributed by atoms with Gasteiger partial charge in [0.2, 0.25) is 0 Å². The molecule has 0 heterocycles. The summed E-state index contributed by atoms with van der Waals surface area (Å²) >= 11 is 0. The smallest absolute Gasteiger partial charge is 0.328 e. The van der Waals surface area contributed by atoms with E-state index in [0.29, 0.717) is 11.8 Å². The summed E-state index contributed by atoms with van der Waals surface area (Å²) in [6.45, 7) is 38.0. The van der Waals surface area contributed by atoms with E-state index in [-0.39, 0.29) is 21.7 Å². The van der Waals surface area contributed by atoms with Crippen molar-refractivity contribution in [1.29, 1.82) is 0 Å². The first-order valence-electron chi connectivity index (χ1n) is 17.9. The van der Waals surface area contributed by atoms with Crippen molar-refractivity contribution in [3.8, 4) is 0 Å². The summed E-state index contributed by atoms with van der Waals surface area (Å²) in [6, 6.07) is 14.2. The van der Waals surface area contributed by atoms with Crippen molar-refractivity contribution in [3.05, 3.63) is 117 Å². The predicted molar refractivity (Wildman–Crippen MR) is 213 cm³/mol. The van der Waals surface area contributed by atoms with E-state index in [1.807, 2.05) is 13.0 Å². The van der Waals surface area contributed by atoms with E-state index in [1.165, 1.54) is 45.0 Å². The van der Waals surface area contributed by atoms with Gasteiger partial charge in [-0.3, -0.25) is 0 Å². The molecular formula is C46H70O2. The third-order valence-electron chi connectivity index (χ3n) is 9.06. The average molecular weight is 655 g/mol. The molecule has 2 rings (SSSR count). The van der Waals surface area contributed by atoms with E-state index < -0.39 is 5.97 Å². The Morgan fingerprint density at radius 2 is 0.875 bits per heavy atom. The molecule has 0 aliphatic heterocycles. The molecular weight excluding hydrogens is 585 g/mol. The molecule has 0 aliphatic carbocycles. The van der Waals surface area contributed by atoms with Crippen LogP contribution in [0.15, 0.2) is 84.0 Å². The maximum Gasteiger partial charge on any atom is 0.328 e. The van der Waals surface area contributed by atoms with Crippen molar-refractivity contribution < 1.29 is 9.90 Å². The lowest BCUT2D eigenvalue weighted by atomic mass is 9.78. The summed E-state index contributed by atoms with van der Waals surface area (Å²) in [5.41, 5.74) is 11.1. The second-order valence-corrected chi connectivity index (χ2v) is 18.0. The fourth-order valence-corrected chi connectivity index (χ4v) is 5.13. The van der Waals surface area contributed by atoms with Crippen LogP contribution in [0.25, 0.3) is 0 Å². The van der Waals surface area contributed by atoms with Crippen molar-refractivity contribution in [2.45, 2.75) is 164 Å². The molecule has 2 unspecified atom stereocenters. The Bertz CT molecular complexity index is 1400. The molecule has 2 atom stereocenters. The lowest BCUT2D eigenvalue weighted by Gasteiger charge is -2.27. The number of aliphatic carboxylic acids is 1. The Hall–Kier alpha value is -3.13. The van der Waals surface area contributed by atoms with Crippen molar-refractivity contribution >= 4 is 5.97 Å². The highest BCUT2D eigenvalue weighted by Crippen LogP contribution is 2.35. The number of carbonyl (C=O) groups is 1. The van der Waals surface area contributed by atoms with Crippen molar-refractivity contribution in [2.24, 2.45) is 0 Å². The van der Waals surface area contributed by atoms with Gasteiger partial charge in [0.25, 0.3) is 0 Å². The molecule has 266 valence electrons. The molecule has 0 saturated heterocycles. The zero-order chi connectivity index (χ0) is 37.3. The van der Waals surface area contributed by atoms with Crippen LogP contribution in [0.5, 0.6) is 0 Å². The largest absolute Gasteiger partial charge is 0.478 e. The van der Waals surface area contributed by atoms with Crippen LogP contribution in [-0.2, 0) is 26.5 Å². The van der Waals surface area contributed by atoms with E-state index in [4.69, 9.17) is 5.11 Å². The number of carboxylic acid groups (broad SMARTS) is 1. The van der Waals surface area contributed by atoms with Gasteiger partial charge in [-0.1, -0.05) is 169 Å². The van der Waals surface area contributed by atoms with Gasteiger partial charge in [-0.2, -0.15) is 0 Å². The number of hydrogen-bond acceptors (Lipinski definition) is 1. The molecule has 0 bridgehead atoms. The SMILES string of the molecule is C/C=C(C)/C=C/CC(C)c1cc(C(C)(C)C)cc(C(C)(C)C)c1.CC(/C=C/CC(C)c1cc(C(C)(C)C)cc(C(C)(C)C)c1)=C\C(=O)O. The van der Waals surface area contributed by atoms with Gasteiger partial charge in [0.1, 0.15) is 0 Å². The zero-order valence-electron chi connectivity index (χ0n) is 33.9. The third-order valence-corrected chi connectivity index (χ3v) is 9.06. The monoisotopic (exact) mass is 655 g/mol. The van der Waals surface area contributed by atoms with Gasteiger partial charge >= 0.3 is 5.97 Å². The normalized spacial score (nSPS) is 15.0. The summed E-state index contributed by atoms with van der Waals surface area (Å²) in [7, 11) is 0. The van der Waals surface area contributed by atoms with Crippen LogP contribution < -0.4 is 0 Å². The second-order valence-electron chi connectivity index (χ2n) is 18.0. The fourth-order valence-electron chi connectivity index (χ4n) is 5.13. The van der Waals surface area contributed by atoms with Crippen LogP contribution in [0.1, 0.15) is 176 Å². The van der Waals surface area contributed by atoms with Gasteiger partial charge < -0.3 is 5.11 Å². The van der Waals surface area contributed by atoms with Gasteiger partial charge in [-0.15, -0.1) is 0 Å². The molecule has 0 saturated carbocycles. The zero-order valence-corrected chi connectivity index (χ0v) is 33.9. The van der Waals surface area contributed by atoms with Crippen LogP contribution in [0.3, 0.4) is 0 Å². The van der Waals surface area contributed by atoms with Crippen LogP contribution in [-0.4, -0.2) is 11.1 Å². The van der Waals surface area contributed by atoms with Gasteiger partial charge in [-0.25, -0.2) is 4.79 Å². The standard InChI is InChI=1S/C23H34O2.C23H36/c1-16(12-21(24)25)10-9-11-17(2)18-13-19(22(3,4)5)15-20(14-18)23(6,7)8;1-10-17(2)12-11-13-18(3)19-14-20(22(4,5)6)16-21(15-19)23(7,8)9/h9-10,12-15,17H,11H2,1-8H3,(H,24,25);10-12,14-16,18H,13H2,1-9H3/b10-9+,16-12+;12-11+,17-10+. The summed E-state index contributed by atoms with van der Waals surface area (Å²) in [6.07, 6.45) is 13.9. The van der Waals surface area contributed by atoms with E-state index in [2.05, 4.69) is 171 Å². The Kier molecular flexibility index (Phi) is 15.6. The van der Waals surface area contributed by atoms with E-state index in [9.17, 15) is 4.79 Å². The lowest BCUT2D eigenvalue weighted by Crippen LogP contribution is -2.17. The molecule has 0 spiro atoms. The van der Waals surface area contributed by atoms with Crippen molar-refractivity contribution in [3.63, 3.8) is 0 Å². The number of allylic oxidation sites excluding steroid dienone is 7. The van der Waals surface area contributed by atoms with Gasteiger partial charge in [0, 0.05) is 6.08 Å². The highest BCUT2D eigenvalue weighted by Gasteiger charge is 2.23. The maximum absolute atomic E-state index is 10.7. The summed E-state index contributed by atoms with van der Waals surface area (Å²) < 4.78 is 0.